The van der Waals surface area contributed by atoms with Crippen LogP contribution in [0.15, 0.2) is 12.1 Å². The fourth-order valence-corrected chi connectivity index (χ4v) is 3.70. The molecule has 1 aromatic heterocycles. The molecule has 34 heavy (non-hydrogen) atoms. The number of alkyl halides is 3. The highest BCUT2D eigenvalue weighted by Gasteiger charge is 2.53. The third-order valence-electron chi connectivity index (χ3n) is 5.41. The molecule has 0 bridgehead atoms. The fraction of sp³-hybridized carbons (Fsp3) is 0.421. The molecule has 0 aliphatic carbocycles. The first kappa shape index (κ1) is 23.7. The Bertz CT molecular complexity index is 1180. The molecule has 182 valence electrons. The topological polar surface area (TPSA) is 104 Å². The number of carbonyl (C=O) groups is 3. The molecule has 0 radical (unpaired) electrons. The summed E-state index contributed by atoms with van der Waals surface area (Å²) >= 11 is 0. The summed E-state index contributed by atoms with van der Waals surface area (Å²) in [6, 6.07) is 0.636. The van der Waals surface area contributed by atoms with Crippen LogP contribution in [-0.4, -0.2) is 49.8 Å². The Balaban J connectivity index is 1.49. The van der Waals surface area contributed by atoms with Crippen LogP contribution in [-0.2, 0) is 49.5 Å². The number of halogens is 6. The number of hydrogen-bond donors (Lipinski definition) is 0. The van der Waals surface area contributed by atoms with Crippen LogP contribution in [0.5, 0.6) is 0 Å². The Hall–Kier alpha value is -3.49. The minimum atomic E-state index is -4.73. The van der Waals surface area contributed by atoms with Crippen molar-refractivity contribution in [2.45, 2.75) is 38.5 Å². The lowest BCUT2D eigenvalue weighted by Crippen LogP contribution is -2.60. The van der Waals surface area contributed by atoms with E-state index < -0.39 is 71.0 Å². The molecule has 2 aliphatic rings. The molecule has 1 aromatic carbocycles. The summed E-state index contributed by atoms with van der Waals surface area (Å²) < 4.78 is 90.4. The number of fused-ring (bicyclic) bond motifs is 1. The van der Waals surface area contributed by atoms with Gasteiger partial charge in [0.15, 0.2) is 17.4 Å². The zero-order valence-electron chi connectivity index (χ0n) is 17.2. The molecule has 1 fully saturated rings. The number of nitrogens with zero attached hydrogens (tertiary/aromatic N) is 4. The molecule has 4 rings (SSSR count). The van der Waals surface area contributed by atoms with Crippen LogP contribution in [0.25, 0.3) is 0 Å². The van der Waals surface area contributed by atoms with E-state index in [1.165, 1.54) is 4.90 Å². The standard InChI is InChI=1S/C19H14F6N4O5/c1-18(28-2-3-29-13(7-28)26-27-17(29)19(23,24)25)33-15(31)14(16(32)34-18)12(30)5-8-4-10(21)11(22)6-9(8)20/h4,6,14H,2-3,5,7H2,1H3. The van der Waals surface area contributed by atoms with Crippen molar-refractivity contribution in [1.82, 2.24) is 19.7 Å². The highest BCUT2D eigenvalue weighted by molar-refractivity contribution is 6.16. The van der Waals surface area contributed by atoms with Gasteiger partial charge in [0.25, 0.3) is 0 Å². The molecule has 15 heteroatoms. The fourth-order valence-electron chi connectivity index (χ4n) is 3.70. The van der Waals surface area contributed by atoms with Crippen molar-refractivity contribution >= 4 is 17.7 Å². The molecule has 0 N–H and O–H groups in total. The van der Waals surface area contributed by atoms with E-state index >= 15 is 0 Å². The van der Waals surface area contributed by atoms with Gasteiger partial charge in [-0.05, 0) is 11.6 Å². The van der Waals surface area contributed by atoms with Gasteiger partial charge in [-0.2, -0.15) is 13.2 Å². The Morgan fingerprint density at radius 3 is 2.29 bits per heavy atom. The maximum absolute atomic E-state index is 13.8. The van der Waals surface area contributed by atoms with Crippen LogP contribution in [0.1, 0.15) is 24.1 Å². The summed E-state index contributed by atoms with van der Waals surface area (Å²) in [5, 5.41) is 6.59. The van der Waals surface area contributed by atoms with Crippen LogP contribution in [0.3, 0.4) is 0 Å². The number of ether oxygens (including phenoxy) is 2. The molecule has 9 nitrogen and oxygen atoms in total. The molecule has 0 saturated carbocycles. The summed E-state index contributed by atoms with van der Waals surface area (Å²) in [5.41, 5.74) is -0.589. The molecule has 0 amide bonds. The van der Waals surface area contributed by atoms with E-state index in [1.54, 1.807) is 0 Å². The predicted molar refractivity (Wildman–Crippen MR) is 94.5 cm³/mol. The third kappa shape index (κ3) is 4.10. The average molecular weight is 492 g/mol. The summed E-state index contributed by atoms with van der Waals surface area (Å²) in [6.45, 7) is 0.386. The minimum absolute atomic E-state index is 0.126. The van der Waals surface area contributed by atoms with Gasteiger partial charge in [0, 0.05) is 32.5 Å². The lowest BCUT2D eigenvalue weighted by atomic mass is 9.96. The van der Waals surface area contributed by atoms with Gasteiger partial charge in [0.05, 0.1) is 6.54 Å². The second-order valence-electron chi connectivity index (χ2n) is 7.68. The molecule has 3 heterocycles. The van der Waals surface area contributed by atoms with Gasteiger partial charge in [-0.1, -0.05) is 0 Å². The third-order valence-corrected chi connectivity index (χ3v) is 5.41. The Morgan fingerprint density at radius 2 is 1.68 bits per heavy atom. The molecule has 1 saturated heterocycles. The number of cyclic esters (lactones) is 2. The highest BCUT2D eigenvalue weighted by Crippen LogP contribution is 2.34. The maximum Gasteiger partial charge on any atom is 0.451 e. The summed E-state index contributed by atoms with van der Waals surface area (Å²) in [6.07, 6.45) is -5.66. The number of benzene rings is 1. The maximum atomic E-state index is 13.8. The normalized spacial score (nSPS) is 23.3. The predicted octanol–water partition coefficient (Wildman–Crippen LogP) is 1.73. The number of ketones is 1. The van der Waals surface area contributed by atoms with Crippen molar-refractivity contribution in [3.8, 4) is 0 Å². The molecular weight excluding hydrogens is 478 g/mol. The number of hydrogen-bond acceptors (Lipinski definition) is 8. The van der Waals surface area contributed by atoms with E-state index in [0.717, 1.165) is 11.5 Å². The first-order valence-electron chi connectivity index (χ1n) is 9.66. The number of esters is 2. The van der Waals surface area contributed by atoms with Crippen molar-refractivity contribution in [3.63, 3.8) is 0 Å². The van der Waals surface area contributed by atoms with E-state index in [1.807, 2.05) is 0 Å². The van der Waals surface area contributed by atoms with Crippen LogP contribution in [0, 0.1) is 23.4 Å². The number of carbonyl (C=O) groups excluding carboxylic acids is 3. The monoisotopic (exact) mass is 492 g/mol. The van der Waals surface area contributed by atoms with E-state index in [-0.39, 0.29) is 31.5 Å². The summed E-state index contributed by atoms with van der Waals surface area (Å²) in [7, 11) is 0. The minimum Gasteiger partial charge on any atom is -0.408 e. The van der Waals surface area contributed by atoms with Crippen molar-refractivity contribution in [1.29, 1.82) is 0 Å². The van der Waals surface area contributed by atoms with Gasteiger partial charge < -0.3 is 14.0 Å². The zero-order valence-corrected chi connectivity index (χ0v) is 17.2. The van der Waals surface area contributed by atoms with Gasteiger partial charge in [0.1, 0.15) is 11.6 Å². The van der Waals surface area contributed by atoms with Gasteiger partial charge >= 0.3 is 24.0 Å². The van der Waals surface area contributed by atoms with Crippen molar-refractivity contribution in [2.75, 3.05) is 6.54 Å². The molecule has 2 aromatic rings. The quantitative estimate of drug-likeness (QED) is 0.275. The molecular formula is C19H14F6N4O5. The molecule has 2 aliphatic heterocycles. The smallest absolute Gasteiger partial charge is 0.408 e. The lowest BCUT2D eigenvalue weighted by molar-refractivity contribution is -0.300. The highest BCUT2D eigenvalue weighted by atomic mass is 19.4. The van der Waals surface area contributed by atoms with Crippen LogP contribution < -0.4 is 0 Å². The van der Waals surface area contributed by atoms with Crippen LogP contribution in [0.2, 0.25) is 0 Å². The van der Waals surface area contributed by atoms with Crippen LogP contribution >= 0.6 is 0 Å². The van der Waals surface area contributed by atoms with Gasteiger partial charge in [-0.3, -0.25) is 14.4 Å². The SMILES string of the molecule is CC1(N2CCn3c(nnc3C(F)(F)F)C2)OC(=O)C(C(=O)Cc2cc(F)c(F)cc2F)C(=O)O1. The van der Waals surface area contributed by atoms with E-state index in [9.17, 15) is 40.7 Å². The van der Waals surface area contributed by atoms with E-state index in [4.69, 9.17) is 9.47 Å². The molecule has 0 unspecified atom stereocenters. The second kappa shape index (κ2) is 8.07. The molecule has 0 spiro atoms. The Labute approximate surface area is 186 Å². The Kier molecular flexibility index (Phi) is 5.62. The van der Waals surface area contributed by atoms with Crippen molar-refractivity contribution in [3.05, 3.63) is 46.8 Å². The van der Waals surface area contributed by atoms with Crippen molar-refractivity contribution in [2.24, 2.45) is 5.92 Å². The largest absolute Gasteiger partial charge is 0.451 e. The first-order valence-corrected chi connectivity index (χ1v) is 9.66. The lowest BCUT2D eigenvalue weighted by Gasteiger charge is -2.43. The van der Waals surface area contributed by atoms with E-state index in [2.05, 4.69) is 10.2 Å². The van der Waals surface area contributed by atoms with E-state index in [0.29, 0.717) is 6.07 Å². The first-order chi connectivity index (χ1) is 15.8. The van der Waals surface area contributed by atoms with Gasteiger partial charge in [-0.25, -0.2) is 18.1 Å². The summed E-state index contributed by atoms with van der Waals surface area (Å²) in [5.74, 6) is -13.6. The number of aromatic nitrogens is 3. The van der Waals surface area contributed by atoms with Crippen molar-refractivity contribution < 1.29 is 50.2 Å². The number of Topliss-reactive ketones (excluding diaryl/α,β-unsaturated/α-hetero) is 1. The Morgan fingerprint density at radius 1 is 1.06 bits per heavy atom. The molecule has 0 atom stereocenters. The summed E-state index contributed by atoms with van der Waals surface area (Å²) in [4.78, 5) is 38.7. The van der Waals surface area contributed by atoms with Gasteiger partial charge in [-0.15, -0.1) is 10.2 Å². The second-order valence-corrected chi connectivity index (χ2v) is 7.68. The number of rotatable bonds is 4. The average Bonchev–Trinajstić information content (AvgIpc) is 3.15. The van der Waals surface area contributed by atoms with Gasteiger partial charge in [0.2, 0.25) is 11.7 Å². The zero-order chi connectivity index (χ0) is 25.0. The van der Waals surface area contributed by atoms with Crippen LogP contribution in [0.4, 0.5) is 26.3 Å².